The molecule has 1 N–H and O–H groups in total. The summed E-state index contributed by atoms with van der Waals surface area (Å²) in [6.45, 7) is 5.46. The van der Waals surface area contributed by atoms with E-state index in [4.69, 9.17) is 34.8 Å². The van der Waals surface area contributed by atoms with Crippen LogP contribution < -0.4 is 5.32 Å². The number of unbranched alkanes of at least 4 members (excludes halogenated alkanes) is 2. The molecule has 0 aliphatic heterocycles. The van der Waals surface area contributed by atoms with Crippen LogP contribution in [0.3, 0.4) is 0 Å². The summed E-state index contributed by atoms with van der Waals surface area (Å²) in [4.78, 5) is 11.9. The third kappa shape index (κ3) is 10.8. The minimum absolute atomic E-state index is 0.0606. The molecule has 0 rings (SSSR count). The summed E-state index contributed by atoms with van der Waals surface area (Å²) >= 11 is 17.4. The fourth-order valence-corrected chi connectivity index (χ4v) is 1.54. The van der Waals surface area contributed by atoms with Crippen molar-refractivity contribution in [3.63, 3.8) is 0 Å². The van der Waals surface area contributed by atoms with Crippen LogP contribution in [0.2, 0.25) is 0 Å². The molecule has 0 aromatic heterocycles. The maximum atomic E-state index is 5.81. The van der Waals surface area contributed by atoms with Gasteiger partial charge in [-0.15, -0.1) is 0 Å². The first-order chi connectivity index (χ1) is 8.60. The number of rotatable bonds is 6. The lowest BCUT2D eigenvalue weighted by molar-refractivity contribution is 0.807. The van der Waals surface area contributed by atoms with Gasteiger partial charge >= 0.3 is 0 Å². The van der Waals surface area contributed by atoms with E-state index in [9.17, 15) is 0 Å². The Morgan fingerprint density at radius 1 is 0.889 bits per heavy atom. The predicted molar refractivity (Wildman–Crippen MR) is 82.5 cm³/mol. The fourth-order valence-electron chi connectivity index (χ4n) is 0.934. The van der Waals surface area contributed by atoms with Gasteiger partial charge in [0.25, 0.3) is 0 Å². The average Bonchev–Trinajstić information content (AvgIpc) is 2.29. The number of halogens is 3. The van der Waals surface area contributed by atoms with Crippen LogP contribution in [0.1, 0.15) is 39.5 Å². The number of aliphatic imine (C=N–C) groups is 3. The molecule has 0 aromatic carbocycles. The van der Waals surface area contributed by atoms with Crippen LogP contribution in [0.5, 0.6) is 0 Å². The minimum atomic E-state index is 0.0606. The number of hydrogen-bond acceptors (Lipinski definition) is 2. The Balaban J connectivity index is 4.16. The lowest BCUT2D eigenvalue weighted by Crippen LogP contribution is -2.23. The van der Waals surface area contributed by atoms with Gasteiger partial charge in [-0.1, -0.05) is 26.7 Å². The van der Waals surface area contributed by atoms with Gasteiger partial charge in [-0.05, 0) is 47.6 Å². The molecule has 0 aromatic rings. The number of amidine groups is 3. The maximum absolute atomic E-state index is 5.81. The largest absolute Gasteiger partial charge is 0.305 e. The van der Waals surface area contributed by atoms with Gasteiger partial charge in [-0.25, -0.2) is 0 Å². The SMILES string of the molecule is CCCCN=C(Cl)/N=C(\Cl)NC(Cl)=NCCCC. The van der Waals surface area contributed by atoms with Crippen molar-refractivity contribution in [2.75, 3.05) is 13.1 Å². The second-order valence-corrected chi connectivity index (χ2v) is 4.61. The van der Waals surface area contributed by atoms with Crippen molar-refractivity contribution in [3.8, 4) is 0 Å². The predicted octanol–water partition coefficient (Wildman–Crippen LogP) is 3.96. The van der Waals surface area contributed by atoms with Gasteiger partial charge < -0.3 is 5.32 Å². The molecule has 0 radical (unpaired) electrons. The van der Waals surface area contributed by atoms with Crippen molar-refractivity contribution < 1.29 is 0 Å². The molecular formula is C11H19Cl3N4. The van der Waals surface area contributed by atoms with E-state index in [2.05, 4.69) is 34.1 Å². The Hall–Kier alpha value is -0.320. The van der Waals surface area contributed by atoms with Crippen molar-refractivity contribution in [1.82, 2.24) is 5.32 Å². The summed E-state index contributed by atoms with van der Waals surface area (Å²) in [6.07, 6.45) is 4.06. The van der Waals surface area contributed by atoms with Crippen molar-refractivity contribution in [2.45, 2.75) is 39.5 Å². The Kier molecular flexibility index (Phi) is 11.5. The molecular weight excluding hydrogens is 295 g/mol. The quantitative estimate of drug-likeness (QED) is 0.343. The smallest absolute Gasteiger partial charge is 0.220 e. The highest BCUT2D eigenvalue weighted by atomic mass is 35.5. The topological polar surface area (TPSA) is 49.1 Å². The molecule has 0 heterocycles. The van der Waals surface area contributed by atoms with Gasteiger partial charge in [0.15, 0.2) is 5.29 Å². The standard InChI is InChI=1S/C11H19Cl3N4/c1-3-5-7-15-9(12)17-11(14)18-10(13)16-8-6-4-2/h3-8H2,1-2H3,(H,15,16,17,18). The van der Waals surface area contributed by atoms with Crippen LogP contribution in [0.25, 0.3) is 0 Å². The van der Waals surface area contributed by atoms with Gasteiger partial charge in [0.05, 0.1) is 0 Å². The van der Waals surface area contributed by atoms with Gasteiger partial charge in [-0.3, -0.25) is 9.98 Å². The highest BCUT2D eigenvalue weighted by Gasteiger charge is 1.99. The zero-order chi connectivity index (χ0) is 13.8. The fraction of sp³-hybridized carbons (Fsp3) is 0.727. The third-order valence-corrected chi connectivity index (χ3v) is 2.51. The number of nitrogens with zero attached hydrogens (tertiary/aromatic N) is 3. The van der Waals surface area contributed by atoms with E-state index in [0.717, 1.165) is 25.7 Å². The van der Waals surface area contributed by atoms with Gasteiger partial charge in [0.2, 0.25) is 10.6 Å². The van der Waals surface area contributed by atoms with E-state index in [1.807, 2.05) is 0 Å². The summed E-state index contributed by atoms with van der Waals surface area (Å²) in [7, 11) is 0. The van der Waals surface area contributed by atoms with Crippen LogP contribution in [-0.4, -0.2) is 29.0 Å². The van der Waals surface area contributed by atoms with Crippen LogP contribution in [0, 0.1) is 0 Å². The molecule has 0 aliphatic carbocycles. The van der Waals surface area contributed by atoms with Crippen molar-refractivity contribution >= 4 is 50.7 Å². The molecule has 0 atom stereocenters. The van der Waals surface area contributed by atoms with Gasteiger partial charge in [-0.2, -0.15) is 4.99 Å². The van der Waals surface area contributed by atoms with Crippen LogP contribution in [-0.2, 0) is 0 Å². The zero-order valence-electron chi connectivity index (χ0n) is 10.7. The van der Waals surface area contributed by atoms with Crippen LogP contribution >= 0.6 is 34.8 Å². The van der Waals surface area contributed by atoms with Crippen molar-refractivity contribution in [1.29, 1.82) is 0 Å². The first kappa shape index (κ1) is 17.7. The first-order valence-corrected chi connectivity index (χ1v) is 7.14. The van der Waals surface area contributed by atoms with Crippen molar-refractivity contribution in [2.24, 2.45) is 15.0 Å². The lowest BCUT2D eigenvalue weighted by Gasteiger charge is -2.00. The van der Waals surface area contributed by atoms with Crippen molar-refractivity contribution in [3.05, 3.63) is 0 Å². The number of hydrogen-bond donors (Lipinski definition) is 1. The molecule has 18 heavy (non-hydrogen) atoms. The normalized spacial score (nSPS) is 13.9. The molecule has 0 bridgehead atoms. The van der Waals surface area contributed by atoms with Gasteiger partial charge in [0, 0.05) is 13.1 Å². The Labute approximate surface area is 124 Å². The molecule has 0 saturated carbocycles. The second kappa shape index (κ2) is 11.8. The molecule has 7 heteroatoms. The molecule has 4 nitrogen and oxygen atoms in total. The Morgan fingerprint density at radius 2 is 1.44 bits per heavy atom. The Bertz CT molecular complexity index is 313. The summed E-state index contributed by atoms with van der Waals surface area (Å²) < 4.78 is 0. The summed E-state index contributed by atoms with van der Waals surface area (Å²) in [6, 6.07) is 0. The van der Waals surface area contributed by atoms with E-state index >= 15 is 0 Å². The second-order valence-electron chi connectivity index (χ2n) is 3.56. The molecule has 0 saturated heterocycles. The van der Waals surface area contributed by atoms with E-state index in [-0.39, 0.29) is 15.9 Å². The summed E-state index contributed by atoms with van der Waals surface area (Å²) in [5.41, 5.74) is 0. The minimum Gasteiger partial charge on any atom is -0.305 e. The molecule has 0 aliphatic rings. The maximum Gasteiger partial charge on any atom is 0.220 e. The molecule has 104 valence electrons. The van der Waals surface area contributed by atoms with E-state index in [0.29, 0.717) is 13.1 Å². The molecule has 0 fully saturated rings. The summed E-state index contributed by atoms with van der Waals surface area (Å²) in [5.74, 6) is 0. The van der Waals surface area contributed by atoms with Crippen LogP contribution in [0.4, 0.5) is 0 Å². The lowest BCUT2D eigenvalue weighted by atomic mass is 10.3. The average molecular weight is 314 g/mol. The van der Waals surface area contributed by atoms with Gasteiger partial charge in [0.1, 0.15) is 0 Å². The third-order valence-electron chi connectivity index (χ3n) is 1.91. The monoisotopic (exact) mass is 312 g/mol. The highest BCUT2D eigenvalue weighted by molar-refractivity contribution is 6.75. The Morgan fingerprint density at radius 3 is 2.00 bits per heavy atom. The first-order valence-electron chi connectivity index (χ1n) is 6.01. The number of nitrogens with one attached hydrogen (secondary N) is 1. The molecule has 0 unspecified atom stereocenters. The zero-order valence-corrected chi connectivity index (χ0v) is 13.0. The van der Waals surface area contributed by atoms with E-state index < -0.39 is 0 Å². The highest BCUT2D eigenvalue weighted by Crippen LogP contribution is 1.96. The molecule has 0 spiro atoms. The van der Waals surface area contributed by atoms with Crippen LogP contribution in [0.15, 0.2) is 15.0 Å². The van der Waals surface area contributed by atoms with E-state index in [1.54, 1.807) is 0 Å². The molecule has 0 amide bonds. The summed E-state index contributed by atoms with van der Waals surface area (Å²) in [5, 5.41) is 3.00. The van der Waals surface area contributed by atoms with E-state index in [1.165, 1.54) is 0 Å².